The maximum Gasteiger partial charge on any atom is 0.246 e. The van der Waals surface area contributed by atoms with E-state index in [1.54, 1.807) is 12.1 Å². The number of hydrogen-bond donors (Lipinski definition) is 1. The first-order chi connectivity index (χ1) is 10.7. The molecule has 6 heteroatoms. The van der Waals surface area contributed by atoms with E-state index < -0.39 is 5.60 Å². The highest BCUT2D eigenvalue weighted by Gasteiger charge is 2.16. The van der Waals surface area contributed by atoms with Crippen molar-refractivity contribution in [3.8, 4) is 11.8 Å². The molecule has 2 amide bonds. The fourth-order valence-corrected chi connectivity index (χ4v) is 1.76. The first-order valence-electron chi connectivity index (χ1n) is 7.07. The van der Waals surface area contributed by atoms with E-state index in [4.69, 9.17) is 4.74 Å². The van der Waals surface area contributed by atoms with Crippen LogP contribution in [0.25, 0.3) is 0 Å². The Labute approximate surface area is 136 Å². The van der Waals surface area contributed by atoms with Crippen molar-refractivity contribution >= 4 is 17.5 Å². The van der Waals surface area contributed by atoms with Crippen LogP contribution in [0.4, 0.5) is 5.69 Å². The van der Waals surface area contributed by atoms with Gasteiger partial charge in [0.1, 0.15) is 17.4 Å². The Bertz CT molecular complexity index is 654. The molecule has 1 rings (SSSR count). The van der Waals surface area contributed by atoms with Gasteiger partial charge in [-0.15, -0.1) is 0 Å². The van der Waals surface area contributed by atoms with Crippen molar-refractivity contribution in [3.63, 3.8) is 0 Å². The molecular formula is C17H21N3O3. The number of benzene rings is 1. The second-order valence-corrected chi connectivity index (χ2v) is 5.98. The van der Waals surface area contributed by atoms with E-state index in [1.807, 2.05) is 26.8 Å². The summed E-state index contributed by atoms with van der Waals surface area (Å²) >= 11 is 0. The molecule has 0 aliphatic carbocycles. The lowest BCUT2D eigenvalue weighted by molar-refractivity contribution is -0.129. The van der Waals surface area contributed by atoms with E-state index in [9.17, 15) is 14.9 Å². The van der Waals surface area contributed by atoms with E-state index in [-0.39, 0.29) is 18.4 Å². The van der Waals surface area contributed by atoms with Gasteiger partial charge in [-0.3, -0.25) is 9.59 Å². The molecule has 0 aliphatic heterocycles. The van der Waals surface area contributed by atoms with Crippen LogP contribution in [0.3, 0.4) is 0 Å². The van der Waals surface area contributed by atoms with Crippen LogP contribution in [0.5, 0.6) is 5.75 Å². The Morgan fingerprint density at radius 1 is 1.43 bits per heavy atom. The molecule has 1 N–H and O–H groups in total. The zero-order valence-corrected chi connectivity index (χ0v) is 13.8. The van der Waals surface area contributed by atoms with E-state index in [1.165, 1.54) is 18.0 Å². The molecule has 0 radical (unpaired) electrons. The molecule has 1 aromatic carbocycles. The van der Waals surface area contributed by atoms with Crippen molar-refractivity contribution < 1.29 is 14.3 Å². The lowest BCUT2D eigenvalue weighted by atomic mass is 10.1. The van der Waals surface area contributed by atoms with Crippen molar-refractivity contribution in [1.29, 1.82) is 5.26 Å². The molecule has 0 aliphatic rings. The highest BCUT2D eigenvalue weighted by Crippen LogP contribution is 2.25. The fourth-order valence-electron chi connectivity index (χ4n) is 1.76. The van der Waals surface area contributed by atoms with E-state index in [0.29, 0.717) is 17.0 Å². The summed E-state index contributed by atoms with van der Waals surface area (Å²) < 4.78 is 5.70. The van der Waals surface area contributed by atoms with E-state index >= 15 is 0 Å². The summed E-state index contributed by atoms with van der Waals surface area (Å²) in [7, 11) is 1.50. The van der Waals surface area contributed by atoms with Crippen LogP contribution in [-0.4, -0.2) is 35.9 Å². The Hall–Kier alpha value is -2.81. The standard InChI is InChI=1S/C17H21N3O3/c1-6-16(22)20(5)11-15(21)19-13-7-8-14(12(9-13)10-18)23-17(2,3)4/h6-9H,1,11H2,2-5H3,(H,19,21). The number of hydrogen-bond acceptors (Lipinski definition) is 4. The number of carbonyl (C=O) groups is 2. The van der Waals surface area contributed by atoms with Crippen LogP contribution in [-0.2, 0) is 9.59 Å². The first-order valence-corrected chi connectivity index (χ1v) is 7.07. The van der Waals surface area contributed by atoms with Crippen molar-refractivity contribution in [2.45, 2.75) is 26.4 Å². The van der Waals surface area contributed by atoms with Crippen molar-refractivity contribution in [3.05, 3.63) is 36.4 Å². The molecule has 0 fully saturated rings. The predicted octanol–water partition coefficient (Wildman–Crippen LogP) is 2.32. The number of nitriles is 1. The topological polar surface area (TPSA) is 82.4 Å². The SMILES string of the molecule is C=CC(=O)N(C)CC(=O)Nc1ccc(OC(C)(C)C)c(C#N)c1. The fraction of sp³-hybridized carbons (Fsp3) is 0.353. The number of rotatable bonds is 5. The van der Waals surface area contributed by atoms with Gasteiger partial charge in [0.15, 0.2) is 0 Å². The van der Waals surface area contributed by atoms with Crippen LogP contribution in [0.1, 0.15) is 26.3 Å². The van der Waals surface area contributed by atoms with Gasteiger partial charge < -0.3 is 15.0 Å². The molecule has 0 saturated heterocycles. The van der Waals surface area contributed by atoms with Gasteiger partial charge in [0.2, 0.25) is 11.8 Å². The molecule has 0 aromatic heterocycles. The average molecular weight is 315 g/mol. The quantitative estimate of drug-likeness (QED) is 0.845. The van der Waals surface area contributed by atoms with Gasteiger partial charge >= 0.3 is 0 Å². The number of likely N-dealkylation sites (N-methyl/N-ethyl adjacent to an activating group) is 1. The van der Waals surface area contributed by atoms with E-state index in [0.717, 1.165) is 6.08 Å². The summed E-state index contributed by atoms with van der Waals surface area (Å²) in [5.74, 6) is -0.250. The molecule has 0 atom stereocenters. The second kappa shape index (κ2) is 7.45. The summed E-state index contributed by atoms with van der Waals surface area (Å²) in [6.45, 7) is 8.91. The van der Waals surface area contributed by atoms with Crippen molar-refractivity contribution in [1.82, 2.24) is 4.90 Å². The summed E-state index contributed by atoms with van der Waals surface area (Å²) in [6, 6.07) is 6.87. The minimum atomic E-state index is -0.426. The van der Waals surface area contributed by atoms with Gasteiger partial charge in [0, 0.05) is 12.7 Å². The highest BCUT2D eigenvalue weighted by molar-refractivity contribution is 5.96. The van der Waals surface area contributed by atoms with Gasteiger partial charge in [-0.1, -0.05) is 6.58 Å². The van der Waals surface area contributed by atoms with Gasteiger partial charge in [-0.2, -0.15) is 5.26 Å². The monoisotopic (exact) mass is 315 g/mol. The van der Waals surface area contributed by atoms with Crippen LogP contribution >= 0.6 is 0 Å². The third-order valence-corrected chi connectivity index (χ3v) is 2.73. The smallest absolute Gasteiger partial charge is 0.246 e. The van der Waals surface area contributed by atoms with Gasteiger partial charge in [-0.25, -0.2) is 0 Å². The largest absolute Gasteiger partial charge is 0.487 e. The lowest BCUT2D eigenvalue weighted by Gasteiger charge is -2.22. The highest BCUT2D eigenvalue weighted by atomic mass is 16.5. The van der Waals surface area contributed by atoms with Gasteiger partial charge in [0.25, 0.3) is 0 Å². The molecule has 122 valence electrons. The Kier molecular flexibility index (Phi) is 5.91. The Morgan fingerprint density at radius 2 is 2.09 bits per heavy atom. The van der Waals surface area contributed by atoms with Crippen molar-refractivity contribution in [2.75, 3.05) is 18.9 Å². The maximum absolute atomic E-state index is 11.9. The second-order valence-electron chi connectivity index (χ2n) is 5.98. The molecule has 23 heavy (non-hydrogen) atoms. The Balaban J connectivity index is 2.83. The number of amides is 2. The van der Waals surface area contributed by atoms with Crippen LogP contribution in [0.2, 0.25) is 0 Å². The average Bonchev–Trinajstić information content (AvgIpc) is 2.46. The molecule has 0 unspecified atom stereocenters. The van der Waals surface area contributed by atoms with Gasteiger partial charge in [0.05, 0.1) is 12.1 Å². The lowest BCUT2D eigenvalue weighted by Crippen LogP contribution is -2.33. The molecule has 1 aromatic rings. The maximum atomic E-state index is 11.9. The minimum absolute atomic E-state index is 0.104. The first kappa shape index (κ1) is 18.2. The molecule has 6 nitrogen and oxygen atoms in total. The number of anilines is 1. The van der Waals surface area contributed by atoms with Gasteiger partial charge in [-0.05, 0) is 45.0 Å². The number of nitrogens with zero attached hydrogens (tertiary/aromatic N) is 2. The number of ether oxygens (including phenoxy) is 1. The Morgan fingerprint density at radius 3 is 2.61 bits per heavy atom. The van der Waals surface area contributed by atoms with Crippen LogP contribution in [0, 0.1) is 11.3 Å². The van der Waals surface area contributed by atoms with Crippen LogP contribution < -0.4 is 10.1 Å². The number of carbonyl (C=O) groups excluding carboxylic acids is 2. The third kappa shape index (κ3) is 5.83. The van der Waals surface area contributed by atoms with Crippen LogP contribution in [0.15, 0.2) is 30.9 Å². The molecule has 0 saturated carbocycles. The zero-order chi connectivity index (χ0) is 17.6. The summed E-state index contributed by atoms with van der Waals surface area (Å²) in [5.41, 5.74) is 0.366. The molecule has 0 heterocycles. The molecule has 0 spiro atoms. The predicted molar refractivity (Wildman–Crippen MR) is 88.0 cm³/mol. The zero-order valence-electron chi connectivity index (χ0n) is 13.8. The molecular weight excluding hydrogens is 294 g/mol. The normalized spacial score (nSPS) is 10.4. The third-order valence-electron chi connectivity index (χ3n) is 2.73. The summed E-state index contributed by atoms with van der Waals surface area (Å²) in [5, 5.41) is 11.9. The van der Waals surface area contributed by atoms with E-state index in [2.05, 4.69) is 11.9 Å². The summed E-state index contributed by atoms with van der Waals surface area (Å²) in [6.07, 6.45) is 1.14. The van der Waals surface area contributed by atoms with Crippen molar-refractivity contribution in [2.24, 2.45) is 0 Å². The molecule has 0 bridgehead atoms. The summed E-state index contributed by atoms with van der Waals surface area (Å²) in [4.78, 5) is 24.5. The minimum Gasteiger partial charge on any atom is -0.487 e. The number of nitrogens with one attached hydrogen (secondary N) is 1.